The van der Waals surface area contributed by atoms with Crippen LogP contribution in [0.5, 0.6) is 17.6 Å². The van der Waals surface area contributed by atoms with Crippen molar-refractivity contribution in [3.63, 3.8) is 0 Å². The van der Waals surface area contributed by atoms with E-state index in [1.165, 1.54) is 20.3 Å². The number of hydrogen-bond donors (Lipinski definition) is 1. The Morgan fingerprint density at radius 2 is 1.71 bits per heavy atom. The first-order chi connectivity index (χ1) is 32.0. The fourth-order valence-corrected chi connectivity index (χ4v) is 18.1. The fraction of sp³-hybridized carbons (Fsp3) is 0.635. The summed E-state index contributed by atoms with van der Waals surface area (Å²) in [6.45, 7) is 28.0. The SMILES string of the molecule is COCOc1cc(-c2nc(OC)c3c(N4CCOC[C@@](C)(O[Si](C)(C)C(C)(C)C)C4)nc(OC[C@]45CCC[C@H]4NC[C@@H](F)C5)nc3c2F)c2c(C#C[Si](C(C)C)(C(C)C)C(C)C)c(F)ccc2c1. The van der Waals surface area contributed by atoms with Gasteiger partial charge in [0, 0.05) is 49.2 Å². The van der Waals surface area contributed by atoms with Gasteiger partial charge in [0.2, 0.25) is 5.88 Å². The average molecular weight is 978 g/mol. The molecule has 68 heavy (non-hydrogen) atoms. The molecule has 2 aromatic carbocycles. The molecule has 0 spiro atoms. The lowest BCUT2D eigenvalue weighted by Crippen LogP contribution is -2.54. The molecule has 11 nitrogen and oxygen atoms in total. The van der Waals surface area contributed by atoms with Crippen LogP contribution in [0, 0.1) is 28.5 Å². The summed E-state index contributed by atoms with van der Waals surface area (Å²) in [5.74, 6) is 2.75. The van der Waals surface area contributed by atoms with Gasteiger partial charge in [-0.2, -0.15) is 9.97 Å². The number of nitrogens with one attached hydrogen (secondary N) is 1. The van der Waals surface area contributed by atoms with Crippen molar-refractivity contribution in [2.75, 3.05) is 65.4 Å². The van der Waals surface area contributed by atoms with E-state index in [0.29, 0.717) is 61.6 Å². The van der Waals surface area contributed by atoms with Crippen LogP contribution in [0.25, 0.3) is 32.9 Å². The van der Waals surface area contributed by atoms with E-state index in [4.69, 9.17) is 43.1 Å². The molecule has 7 rings (SSSR count). The summed E-state index contributed by atoms with van der Waals surface area (Å²) < 4.78 is 87.3. The van der Waals surface area contributed by atoms with Crippen molar-refractivity contribution in [1.29, 1.82) is 0 Å². The summed E-state index contributed by atoms with van der Waals surface area (Å²) in [4.78, 5) is 16.8. The Bertz CT molecular complexity index is 2530. The zero-order chi connectivity index (χ0) is 49.6. The first-order valence-electron chi connectivity index (χ1n) is 24.4. The number of fused-ring (bicyclic) bond motifs is 3. The lowest BCUT2D eigenvalue weighted by atomic mass is 9.76. The number of aromatic nitrogens is 3. The fourth-order valence-electron chi connectivity index (χ4n) is 11.2. The van der Waals surface area contributed by atoms with Crippen molar-refractivity contribution in [1.82, 2.24) is 20.3 Å². The van der Waals surface area contributed by atoms with Gasteiger partial charge in [0.05, 0.1) is 38.1 Å². The largest absolute Gasteiger partial charge is 0.480 e. The number of ether oxygens (including phenoxy) is 5. The highest BCUT2D eigenvalue weighted by Crippen LogP contribution is 2.48. The molecule has 3 fully saturated rings. The van der Waals surface area contributed by atoms with Crippen molar-refractivity contribution in [2.45, 2.75) is 147 Å². The Balaban J connectivity index is 1.49. The highest BCUT2D eigenvalue weighted by molar-refractivity contribution is 6.90. The van der Waals surface area contributed by atoms with E-state index in [-0.39, 0.29) is 80.7 Å². The molecular weight excluding hydrogens is 904 g/mol. The van der Waals surface area contributed by atoms with Crippen molar-refractivity contribution >= 4 is 43.9 Å². The van der Waals surface area contributed by atoms with Gasteiger partial charge >= 0.3 is 6.01 Å². The zero-order valence-corrected chi connectivity index (χ0v) is 44.8. The Kier molecular flexibility index (Phi) is 15.3. The topological polar surface area (TPSA) is 109 Å². The van der Waals surface area contributed by atoms with Crippen LogP contribution in [-0.4, -0.2) is 110 Å². The number of hydrogen-bond acceptors (Lipinski definition) is 11. The van der Waals surface area contributed by atoms with E-state index in [2.05, 4.69) is 92.2 Å². The first-order valence-corrected chi connectivity index (χ1v) is 29.5. The molecule has 2 saturated heterocycles. The van der Waals surface area contributed by atoms with E-state index in [1.807, 2.05) is 11.8 Å². The van der Waals surface area contributed by atoms with Gasteiger partial charge in [-0.3, -0.25) is 0 Å². The smallest absolute Gasteiger partial charge is 0.319 e. The van der Waals surface area contributed by atoms with E-state index in [0.717, 1.165) is 19.3 Å². The Morgan fingerprint density at radius 1 is 0.985 bits per heavy atom. The lowest BCUT2D eigenvalue weighted by molar-refractivity contribution is -0.00296. The van der Waals surface area contributed by atoms with Gasteiger partial charge in [-0.25, -0.2) is 18.2 Å². The predicted molar refractivity (Wildman–Crippen MR) is 270 cm³/mol. The van der Waals surface area contributed by atoms with Crippen LogP contribution in [0.2, 0.25) is 34.8 Å². The van der Waals surface area contributed by atoms with E-state index >= 15 is 13.2 Å². The summed E-state index contributed by atoms with van der Waals surface area (Å²) in [5, 5.41) is 4.49. The summed E-state index contributed by atoms with van der Waals surface area (Å²) >= 11 is 0. The van der Waals surface area contributed by atoms with Gasteiger partial charge in [-0.1, -0.05) is 80.7 Å². The number of pyridine rings is 1. The third-order valence-electron chi connectivity index (χ3n) is 15.5. The molecule has 4 atom stereocenters. The molecule has 4 heterocycles. The lowest BCUT2D eigenvalue weighted by Gasteiger charge is -2.44. The van der Waals surface area contributed by atoms with Crippen LogP contribution in [0.4, 0.5) is 19.0 Å². The van der Waals surface area contributed by atoms with Crippen molar-refractivity contribution in [3.05, 3.63) is 41.5 Å². The van der Waals surface area contributed by atoms with Crippen LogP contribution >= 0.6 is 0 Å². The number of piperidine rings is 1. The molecule has 0 bridgehead atoms. The normalized spacial score (nSPS) is 22.7. The van der Waals surface area contributed by atoms with Crippen molar-refractivity contribution < 1.29 is 41.3 Å². The maximum atomic E-state index is 18.3. The number of methoxy groups -OCH3 is 2. The number of halogens is 3. The standard InChI is InChI=1S/C52H74F3N5O6Si2/c1-32(2)68(33(3)4,34(5)6)23-19-38-40(54)18-17-35-24-37(65-31-61-11)25-39(42(35)38)45-44(55)46-43(48(57-45)62-12)47(60-21-22-63-29-51(10,28-60)66-67(13,14)50(7,8)9)59-49(58-46)64-30-52-20-15-16-41(52)56-27-36(53)26-52/h17-18,24-25,32-34,36,41,56H,15-16,20-22,26-31H2,1-14H3/t36-,41+,51-,52+/m0/s1. The summed E-state index contributed by atoms with van der Waals surface area (Å²) in [6.07, 6.45) is 1.94. The minimum absolute atomic E-state index is 0.0487. The highest BCUT2D eigenvalue weighted by Gasteiger charge is 2.49. The molecule has 0 radical (unpaired) electrons. The van der Waals surface area contributed by atoms with E-state index < -0.39 is 45.2 Å². The molecule has 2 aliphatic heterocycles. The van der Waals surface area contributed by atoms with Crippen LogP contribution in [0.3, 0.4) is 0 Å². The van der Waals surface area contributed by atoms with Gasteiger partial charge in [0.25, 0.3) is 0 Å². The number of benzene rings is 2. The quantitative estimate of drug-likeness (QED) is 0.0741. The second-order valence-electron chi connectivity index (χ2n) is 22.1. The molecule has 372 valence electrons. The number of anilines is 1. The monoisotopic (exact) mass is 978 g/mol. The molecule has 0 amide bonds. The van der Waals surface area contributed by atoms with Gasteiger partial charge in [-0.05, 0) is 84.5 Å². The minimum Gasteiger partial charge on any atom is -0.480 e. The minimum atomic E-state index is -2.36. The molecule has 2 aromatic heterocycles. The molecule has 0 unspecified atom stereocenters. The van der Waals surface area contributed by atoms with Gasteiger partial charge in [-0.15, -0.1) is 5.54 Å². The molecule has 1 aliphatic carbocycles. The molecule has 1 saturated carbocycles. The number of nitrogens with zero attached hydrogens (tertiary/aromatic N) is 4. The van der Waals surface area contributed by atoms with Crippen LogP contribution in [0.1, 0.15) is 100 Å². The van der Waals surface area contributed by atoms with Gasteiger partial charge in [0.15, 0.2) is 20.9 Å². The maximum Gasteiger partial charge on any atom is 0.319 e. The number of alkyl halides is 1. The highest BCUT2D eigenvalue weighted by atomic mass is 28.4. The predicted octanol–water partition coefficient (Wildman–Crippen LogP) is 11.6. The van der Waals surface area contributed by atoms with E-state index in [1.54, 1.807) is 18.2 Å². The van der Waals surface area contributed by atoms with Gasteiger partial charge < -0.3 is 38.3 Å². The molecule has 16 heteroatoms. The zero-order valence-electron chi connectivity index (χ0n) is 42.8. The van der Waals surface area contributed by atoms with Crippen LogP contribution in [-0.2, 0) is 13.9 Å². The summed E-state index contributed by atoms with van der Waals surface area (Å²) in [6, 6.07) is 6.44. The van der Waals surface area contributed by atoms with Gasteiger partial charge in [0.1, 0.15) is 48.2 Å². The summed E-state index contributed by atoms with van der Waals surface area (Å²) in [5.41, 5.74) is 3.41. The average Bonchev–Trinajstić information content (AvgIpc) is 3.58. The van der Waals surface area contributed by atoms with Crippen LogP contribution in [0.15, 0.2) is 24.3 Å². The number of rotatable bonds is 14. The van der Waals surface area contributed by atoms with Crippen molar-refractivity contribution in [2.24, 2.45) is 5.41 Å². The Morgan fingerprint density at radius 3 is 2.37 bits per heavy atom. The second kappa shape index (κ2) is 20.0. The summed E-state index contributed by atoms with van der Waals surface area (Å²) in [7, 11) is -1.71. The molecule has 1 N–H and O–H groups in total. The Labute approximate surface area is 404 Å². The second-order valence-corrected chi connectivity index (χ2v) is 32.4. The third kappa shape index (κ3) is 9.99. The third-order valence-corrected chi connectivity index (χ3v) is 26.4. The first kappa shape index (κ1) is 51.9. The van der Waals surface area contributed by atoms with E-state index in [9.17, 15) is 0 Å². The Hall–Kier alpha value is -3.99. The van der Waals surface area contributed by atoms with Crippen LogP contribution < -0.4 is 24.4 Å². The molecule has 3 aliphatic rings. The van der Waals surface area contributed by atoms with Crippen molar-refractivity contribution in [3.8, 4) is 40.4 Å². The maximum absolute atomic E-state index is 18.3. The molecule has 4 aromatic rings. The molecular formula is C52H74F3N5O6Si2.